The van der Waals surface area contributed by atoms with Crippen LogP contribution < -0.4 is 49.5 Å². The summed E-state index contributed by atoms with van der Waals surface area (Å²) in [5.41, 5.74) is 28.7. The number of rotatable bonds is 33. The van der Waals surface area contributed by atoms with E-state index in [4.69, 9.17) is 32.7 Å². The van der Waals surface area contributed by atoms with E-state index in [0.29, 0.717) is 36.7 Å². The lowest BCUT2D eigenvalue weighted by molar-refractivity contribution is -0.149. The van der Waals surface area contributed by atoms with E-state index in [1.807, 2.05) is 127 Å². The molecule has 5 amide bonds. The van der Waals surface area contributed by atoms with Crippen LogP contribution in [0.1, 0.15) is 78.7 Å². The number of benzene rings is 3. The van der Waals surface area contributed by atoms with E-state index in [1.165, 1.54) is 0 Å². The van der Waals surface area contributed by atoms with Crippen molar-refractivity contribution in [1.29, 1.82) is 0 Å². The quantitative estimate of drug-likeness (QED) is 0.0117. The van der Waals surface area contributed by atoms with E-state index in [-0.39, 0.29) is 95.3 Å². The molecule has 15 N–H and O–H groups in total. The van der Waals surface area contributed by atoms with Crippen LogP contribution in [-0.2, 0) is 72.6 Å². The summed E-state index contributed by atoms with van der Waals surface area (Å²) in [7, 11) is 0. The van der Waals surface area contributed by atoms with E-state index in [2.05, 4.69) is 61.4 Å². The minimum atomic E-state index is -1.34. The number of carbonyl (C=O) groups excluding carboxylic acids is 6. The average molecular weight is 1190 g/mol. The first-order chi connectivity index (χ1) is 42.7. The average Bonchev–Trinajstić information content (AvgIpc) is 4.15. The third-order valence-electron chi connectivity index (χ3n) is 14.3. The first kappa shape index (κ1) is 63.5. The minimum Gasteiger partial charge on any atom is -0.459 e. The number of nitrogens with two attached hydrogens (primary N) is 4. The summed E-state index contributed by atoms with van der Waals surface area (Å²) in [5, 5.41) is 15.9. The van der Waals surface area contributed by atoms with E-state index in [1.54, 1.807) is 30.9 Å². The van der Waals surface area contributed by atoms with E-state index in [9.17, 15) is 28.8 Å². The minimum absolute atomic E-state index is 0.00464. The number of esters is 1. The predicted molar refractivity (Wildman–Crippen MR) is 336 cm³/mol. The van der Waals surface area contributed by atoms with E-state index >= 15 is 0 Å². The van der Waals surface area contributed by atoms with Crippen LogP contribution in [-0.4, -0.2) is 115 Å². The molecule has 0 aliphatic rings. The smallest absolute Gasteiger partial charge is 0.329 e. The summed E-state index contributed by atoms with van der Waals surface area (Å²) in [6, 6.07) is 35.9. The second-order valence-electron chi connectivity index (χ2n) is 21.1. The third-order valence-corrected chi connectivity index (χ3v) is 14.3. The molecule has 0 aliphatic carbocycles. The number of para-hydroxylation sites is 2. The van der Waals surface area contributed by atoms with E-state index < -0.39 is 53.8 Å². The van der Waals surface area contributed by atoms with Gasteiger partial charge in [-0.05, 0) is 97.3 Å². The Bertz CT molecular complexity index is 3600. The number of H-pyrrole nitrogens is 2. The van der Waals surface area contributed by atoms with Crippen molar-refractivity contribution in [2.24, 2.45) is 32.9 Å². The van der Waals surface area contributed by atoms with Gasteiger partial charge < -0.3 is 64.2 Å². The number of nitrogens with zero attached hydrogens (tertiary/aromatic N) is 6. The van der Waals surface area contributed by atoms with Gasteiger partial charge in [0, 0.05) is 105 Å². The number of aliphatic imine (C=N–C) groups is 2. The van der Waals surface area contributed by atoms with Gasteiger partial charge in [0.1, 0.15) is 36.6 Å². The first-order valence-corrected chi connectivity index (χ1v) is 29.1. The fourth-order valence-corrected chi connectivity index (χ4v) is 9.99. The molecule has 0 aliphatic heterocycles. The number of fused-ring (bicyclic) bond motifs is 2. The standard InChI is InChI=1S/C64H75N17O7/c65-63(66)71-32-14-25-52(76-57(82)28-13-29-58(83)80-56-27-12-20-47(75-56)40-81(38-45-18-8-10-30-69-45)39-46-19-9-11-31-70-46)59(84)78-54(34-43-36-73-50-23-6-4-21-48(43)50)61(86)77-53(26-15-33-72-64(67)68)60(85)79-55(62(87)88-41-42-16-2-1-3-17-42)35-44-37-74-51-24-7-5-22-49(44)51/h1-12,16-24,27,30-31,36-37,52-55,73-74H,13-15,25-26,28-29,32-35,38-41H2,(H,76,82)(H,77,86)(H,78,84)(H,79,85)(H4,65,66,71)(H4,67,68,72)(H,75,80,83)/t52-,53-,54-,55-/m0/s1. The van der Waals surface area contributed by atoms with Gasteiger partial charge in [0.15, 0.2) is 11.9 Å². The van der Waals surface area contributed by atoms with Crippen LogP contribution in [0.15, 0.2) is 168 Å². The van der Waals surface area contributed by atoms with Crippen molar-refractivity contribution in [3.63, 3.8) is 0 Å². The van der Waals surface area contributed by atoms with Gasteiger partial charge in [0.25, 0.3) is 0 Å². The van der Waals surface area contributed by atoms with Crippen LogP contribution in [0.3, 0.4) is 0 Å². The highest BCUT2D eigenvalue weighted by atomic mass is 16.5. The van der Waals surface area contributed by atoms with Gasteiger partial charge in [-0.3, -0.25) is 48.8 Å². The number of guanidine groups is 2. The van der Waals surface area contributed by atoms with Gasteiger partial charge in [-0.1, -0.05) is 84.9 Å². The Balaban J connectivity index is 0.955. The molecule has 5 heterocycles. The van der Waals surface area contributed by atoms with Crippen molar-refractivity contribution in [3.8, 4) is 0 Å². The molecular formula is C64H75N17O7. The van der Waals surface area contributed by atoms with Gasteiger partial charge >= 0.3 is 5.97 Å². The van der Waals surface area contributed by atoms with Crippen molar-refractivity contribution < 1.29 is 33.5 Å². The Morgan fingerprint density at radius 2 is 1.00 bits per heavy atom. The molecule has 8 rings (SSSR count). The number of ether oxygens (including phenoxy) is 1. The van der Waals surface area contributed by atoms with Gasteiger partial charge in [0.05, 0.1) is 17.1 Å². The van der Waals surface area contributed by atoms with Crippen LogP contribution in [0.25, 0.3) is 21.8 Å². The molecule has 0 fully saturated rings. The lowest BCUT2D eigenvalue weighted by atomic mass is 10.0. The number of amides is 5. The van der Waals surface area contributed by atoms with Gasteiger partial charge in [-0.2, -0.15) is 0 Å². The summed E-state index contributed by atoms with van der Waals surface area (Å²) < 4.78 is 5.78. The first-order valence-electron chi connectivity index (χ1n) is 29.1. The van der Waals surface area contributed by atoms with Crippen LogP contribution in [0.5, 0.6) is 0 Å². The number of anilines is 1. The lowest BCUT2D eigenvalue weighted by Gasteiger charge is -2.26. The maximum atomic E-state index is 14.9. The summed E-state index contributed by atoms with van der Waals surface area (Å²) in [5.74, 6) is -3.76. The zero-order valence-corrected chi connectivity index (χ0v) is 48.8. The Morgan fingerprint density at radius 1 is 0.511 bits per heavy atom. The number of aromatic amines is 2. The van der Waals surface area contributed by atoms with E-state index in [0.717, 1.165) is 44.3 Å². The molecule has 0 radical (unpaired) electrons. The maximum Gasteiger partial charge on any atom is 0.329 e. The molecule has 8 aromatic rings. The van der Waals surface area contributed by atoms with Crippen molar-refractivity contribution in [1.82, 2.24) is 51.1 Å². The van der Waals surface area contributed by atoms with Crippen LogP contribution in [0.2, 0.25) is 0 Å². The normalized spacial score (nSPS) is 12.5. The van der Waals surface area contributed by atoms with Crippen LogP contribution in [0.4, 0.5) is 5.82 Å². The molecule has 458 valence electrons. The van der Waals surface area contributed by atoms with Crippen molar-refractivity contribution in [2.75, 3.05) is 18.4 Å². The van der Waals surface area contributed by atoms with Crippen molar-refractivity contribution in [2.45, 2.75) is 108 Å². The summed E-state index contributed by atoms with van der Waals surface area (Å²) in [6.07, 6.45) is 7.43. The Kier molecular flexibility index (Phi) is 23.6. The summed E-state index contributed by atoms with van der Waals surface area (Å²) >= 11 is 0. The Labute approximate surface area is 509 Å². The molecule has 24 nitrogen and oxygen atoms in total. The number of nitrogens with one attached hydrogen (secondary N) is 7. The zero-order valence-electron chi connectivity index (χ0n) is 48.8. The molecule has 0 saturated carbocycles. The summed E-state index contributed by atoms with van der Waals surface area (Å²) in [6.45, 7) is 1.69. The number of hydrogen-bond donors (Lipinski definition) is 11. The van der Waals surface area contributed by atoms with Gasteiger partial charge in [-0.15, -0.1) is 0 Å². The molecule has 0 spiro atoms. The summed E-state index contributed by atoms with van der Waals surface area (Å²) in [4.78, 5) is 116. The number of carbonyl (C=O) groups is 6. The third kappa shape index (κ3) is 20.1. The Hall–Kier alpha value is -10.5. The Morgan fingerprint density at radius 3 is 1.58 bits per heavy atom. The molecule has 0 bridgehead atoms. The largest absolute Gasteiger partial charge is 0.459 e. The highest BCUT2D eigenvalue weighted by Gasteiger charge is 2.33. The number of pyridine rings is 3. The predicted octanol–water partition coefficient (Wildman–Crippen LogP) is 4.42. The zero-order chi connectivity index (χ0) is 62.0. The van der Waals surface area contributed by atoms with Crippen molar-refractivity contribution in [3.05, 3.63) is 192 Å². The molecule has 24 heteroatoms. The SMILES string of the molecule is NC(N)=NCCC[C@H](NC(=O)CCCC(=O)Nc1cccc(CN(Cc2ccccn2)Cc2ccccn2)n1)C(=O)N[C@@H](Cc1c[nH]c2ccccc12)C(=O)N[C@@H](CCCN=C(N)N)C(=O)N[C@@H](Cc1c[nH]c2ccccc12)C(=O)OCc1ccccc1. The monoisotopic (exact) mass is 1190 g/mol. The highest BCUT2D eigenvalue weighted by Crippen LogP contribution is 2.22. The highest BCUT2D eigenvalue weighted by molar-refractivity contribution is 5.96. The molecule has 88 heavy (non-hydrogen) atoms. The molecular weight excluding hydrogens is 1120 g/mol. The number of aromatic nitrogens is 5. The molecule has 3 aromatic carbocycles. The van der Waals surface area contributed by atoms with Crippen LogP contribution in [0, 0.1) is 0 Å². The molecule has 5 aromatic heterocycles. The van der Waals surface area contributed by atoms with Crippen LogP contribution >= 0.6 is 0 Å². The maximum absolute atomic E-state index is 14.9. The second-order valence-corrected chi connectivity index (χ2v) is 21.1. The second kappa shape index (κ2) is 32.7. The topological polar surface area (TPSA) is 374 Å². The molecule has 0 unspecified atom stereocenters. The fraction of sp³-hybridized carbons (Fsp3) is 0.297. The molecule has 0 saturated heterocycles. The lowest BCUT2D eigenvalue weighted by Crippen LogP contribution is -2.58. The van der Waals surface area contributed by atoms with Gasteiger partial charge in [-0.25, -0.2) is 9.78 Å². The fourth-order valence-electron chi connectivity index (χ4n) is 9.99. The number of hydrogen-bond acceptors (Lipinski definition) is 13. The van der Waals surface area contributed by atoms with Crippen molar-refractivity contribution >= 4 is 75.0 Å². The van der Waals surface area contributed by atoms with Gasteiger partial charge in [0.2, 0.25) is 29.5 Å². The molecule has 4 atom stereocenters.